The molecule has 0 bridgehead atoms. The smallest absolute Gasteiger partial charge is 0.247 e. The van der Waals surface area contributed by atoms with Crippen LogP contribution in [0.25, 0.3) is 0 Å². The van der Waals surface area contributed by atoms with E-state index in [1.807, 2.05) is 0 Å². The molecule has 62 valence electrons. The van der Waals surface area contributed by atoms with E-state index >= 15 is 0 Å². The molecule has 11 heavy (non-hydrogen) atoms. The van der Waals surface area contributed by atoms with Gasteiger partial charge < -0.3 is 10.1 Å². The molecule has 0 aromatic heterocycles. The van der Waals surface area contributed by atoms with Crippen molar-refractivity contribution in [3.05, 3.63) is 0 Å². The SMILES string of the molecule is C#CC(C)(C)NC(=O)COC. The number of hydrogen-bond donors (Lipinski definition) is 1. The Bertz CT molecular complexity index is 179. The summed E-state index contributed by atoms with van der Waals surface area (Å²) in [6.45, 7) is 3.55. The van der Waals surface area contributed by atoms with Crippen molar-refractivity contribution in [2.24, 2.45) is 0 Å². The van der Waals surface area contributed by atoms with Gasteiger partial charge in [0.1, 0.15) is 6.61 Å². The Morgan fingerprint density at radius 1 is 1.73 bits per heavy atom. The monoisotopic (exact) mass is 155 g/mol. The molecule has 0 radical (unpaired) electrons. The zero-order valence-corrected chi connectivity index (χ0v) is 7.10. The first-order valence-corrected chi connectivity index (χ1v) is 3.29. The van der Waals surface area contributed by atoms with Crippen molar-refractivity contribution in [2.45, 2.75) is 19.4 Å². The van der Waals surface area contributed by atoms with E-state index in [2.05, 4.69) is 16.0 Å². The second-order valence-electron chi connectivity index (χ2n) is 2.75. The summed E-state index contributed by atoms with van der Waals surface area (Å²) < 4.78 is 4.61. The van der Waals surface area contributed by atoms with Gasteiger partial charge in [-0.05, 0) is 13.8 Å². The predicted molar refractivity (Wildman–Crippen MR) is 42.9 cm³/mol. The number of nitrogens with one attached hydrogen (secondary N) is 1. The Morgan fingerprint density at radius 2 is 2.27 bits per heavy atom. The quantitative estimate of drug-likeness (QED) is 0.590. The molecule has 0 aromatic carbocycles. The van der Waals surface area contributed by atoms with Crippen LogP contribution in [-0.2, 0) is 9.53 Å². The lowest BCUT2D eigenvalue weighted by atomic mass is 10.1. The molecule has 1 amide bonds. The minimum absolute atomic E-state index is 0.0467. The summed E-state index contributed by atoms with van der Waals surface area (Å²) in [5.41, 5.74) is -0.588. The third-order valence-corrected chi connectivity index (χ3v) is 1.09. The molecule has 0 aliphatic carbocycles. The number of rotatable bonds is 3. The molecule has 0 atom stereocenters. The van der Waals surface area contributed by atoms with Gasteiger partial charge in [-0.25, -0.2) is 0 Å². The maximum atomic E-state index is 10.9. The van der Waals surface area contributed by atoms with Gasteiger partial charge in [-0.1, -0.05) is 5.92 Å². The summed E-state index contributed by atoms with van der Waals surface area (Å²) in [6, 6.07) is 0. The first-order valence-electron chi connectivity index (χ1n) is 3.29. The first-order chi connectivity index (χ1) is 5.02. The summed E-state index contributed by atoms with van der Waals surface area (Å²) in [7, 11) is 1.46. The Labute approximate surface area is 67.1 Å². The zero-order valence-electron chi connectivity index (χ0n) is 7.10. The molecular formula is C8H13NO2. The van der Waals surface area contributed by atoms with E-state index in [1.165, 1.54) is 7.11 Å². The Morgan fingerprint density at radius 3 is 2.64 bits per heavy atom. The average Bonchev–Trinajstić information content (AvgIpc) is 1.87. The fourth-order valence-corrected chi connectivity index (χ4v) is 0.552. The fraction of sp³-hybridized carbons (Fsp3) is 0.625. The number of ether oxygens (including phenoxy) is 1. The summed E-state index contributed by atoms with van der Waals surface area (Å²) >= 11 is 0. The molecule has 0 saturated carbocycles. The topological polar surface area (TPSA) is 38.3 Å². The molecule has 0 spiro atoms. The maximum Gasteiger partial charge on any atom is 0.247 e. The summed E-state index contributed by atoms with van der Waals surface area (Å²) in [6.07, 6.45) is 5.15. The van der Waals surface area contributed by atoms with Gasteiger partial charge in [-0.3, -0.25) is 4.79 Å². The molecule has 0 aliphatic rings. The zero-order chi connectivity index (χ0) is 8.91. The third-order valence-electron chi connectivity index (χ3n) is 1.09. The van der Waals surface area contributed by atoms with E-state index in [-0.39, 0.29) is 12.5 Å². The lowest BCUT2D eigenvalue weighted by molar-refractivity contribution is -0.125. The molecule has 0 aromatic rings. The number of terminal acetylenes is 1. The number of carbonyl (C=O) groups is 1. The van der Waals surface area contributed by atoms with Crippen LogP contribution in [0.15, 0.2) is 0 Å². The molecule has 1 N–H and O–H groups in total. The van der Waals surface area contributed by atoms with Crippen molar-refractivity contribution in [1.82, 2.24) is 5.32 Å². The van der Waals surface area contributed by atoms with E-state index in [1.54, 1.807) is 13.8 Å². The number of amides is 1. The van der Waals surface area contributed by atoms with Gasteiger partial charge in [0.2, 0.25) is 5.91 Å². The van der Waals surface area contributed by atoms with Crippen molar-refractivity contribution in [1.29, 1.82) is 0 Å². The van der Waals surface area contributed by atoms with Crippen molar-refractivity contribution in [3.63, 3.8) is 0 Å². The highest BCUT2D eigenvalue weighted by Gasteiger charge is 2.15. The van der Waals surface area contributed by atoms with Crippen LogP contribution < -0.4 is 5.32 Å². The van der Waals surface area contributed by atoms with Crippen molar-refractivity contribution < 1.29 is 9.53 Å². The van der Waals surface area contributed by atoms with Gasteiger partial charge in [0.05, 0.1) is 5.54 Å². The predicted octanol–water partition coefficient (Wildman–Crippen LogP) is 0.161. The van der Waals surface area contributed by atoms with E-state index in [0.29, 0.717) is 0 Å². The van der Waals surface area contributed by atoms with Crippen molar-refractivity contribution in [2.75, 3.05) is 13.7 Å². The van der Waals surface area contributed by atoms with Crippen LogP contribution in [0.5, 0.6) is 0 Å². The van der Waals surface area contributed by atoms with E-state index in [4.69, 9.17) is 6.42 Å². The molecule has 0 heterocycles. The second-order valence-corrected chi connectivity index (χ2v) is 2.75. The van der Waals surface area contributed by atoms with Gasteiger partial charge in [-0.15, -0.1) is 6.42 Å². The van der Waals surface area contributed by atoms with E-state index in [9.17, 15) is 4.79 Å². The van der Waals surface area contributed by atoms with Gasteiger partial charge in [0, 0.05) is 7.11 Å². The number of carbonyl (C=O) groups excluding carboxylic acids is 1. The van der Waals surface area contributed by atoms with E-state index < -0.39 is 5.54 Å². The minimum Gasteiger partial charge on any atom is -0.375 e. The van der Waals surface area contributed by atoms with Crippen LogP contribution in [-0.4, -0.2) is 25.2 Å². The summed E-state index contributed by atoms with van der Waals surface area (Å²) in [5.74, 6) is 2.24. The van der Waals surface area contributed by atoms with Gasteiger partial charge in [0.25, 0.3) is 0 Å². The Balaban J connectivity index is 3.86. The lowest BCUT2D eigenvalue weighted by Gasteiger charge is -2.18. The first kappa shape index (κ1) is 9.99. The third kappa shape index (κ3) is 4.40. The van der Waals surface area contributed by atoms with Crippen LogP contribution in [0.3, 0.4) is 0 Å². The molecule has 3 nitrogen and oxygen atoms in total. The van der Waals surface area contributed by atoms with Crippen molar-refractivity contribution >= 4 is 5.91 Å². The molecule has 0 saturated heterocycles. The van der Waals surface area contributed by atoms with E-state index in [0.717, 1.165) is 0 Å². The van der Waals surface area contributed by atoms with Crippen LogP contribution in [0, 0.1) is 12.3 Å². The largest absolute Gasteiger partial charge is 0.375 e. The van der Waals surface area contributed by atoms with Gasteiger partial charge in [-0.2, -0.15) is 0 Å². The van der Waals surface area contributed by atoms with Crippen LogP contribution in [0.2, 0.25) is 0 Å². The second kappa shape index (κ2) is 3.99. The number of methoxy groups -OCH3 is 1. The molecule has 0 fully saturated rings. The molecule has 0 unspecified atom stereocenters. The lowest BCUT2D eigenvalue weighted by Crippen LogP contribution is -2.43. The van der Waals surface area contributed by atoms with Crippen LogP contribution >= 0.6 is 0 Å². The normalized spacial score (nSPS) is 10.4. The molecule has 3 heteroatoms. The number of hydrogen-bond acceptors (Lipinski definition) is 2. The Hall–Kier alpha value is -1.01. The molecule has 0 rings (SSSR count). The summed E-state index contributed by atoms with van der Waals surface area (Å²) in [4.78, 5) is 10.9. The fourth-order valence-electron chi connectivity index (χ4n) is 0.552. The molecule has 0 aliphatic heterocycles. The average molecular weight is 155 g/mol. The highest BCUT2D eigenvalue weighted by atomic mass is 16.5. The standard InChI is InChI=1S/C8H13NO2/c1-5-8(2,3)9-7(10)6-11-4/h1H,6H2,2-4H3,(H,9,10). The minimum atomic E-state index is -0.588. The van der Waals surface area contributed by atoms with Gasteiger partial charge in [0.15, 0.2) is 0 Å². The van der Waals surface area contributed by atoms with Crippen LogP contribution in [0.4, 0.5) is 0 Å². The highest BCUT2D eigenvalue weighted by molar-refractivity contribution is 5.78. The Kier molecular flexibility index (Phi) is 3.63. The van der Waals surface area contributed by atoms with Crippen LogP contribution in [0.1, 0.15) is 13.8 Å². The summed E-state index contributed by atoms with van der Waals surface area (Å²) in [5, 5.41) is 2.61. The van der Waals surface area contributed by atoms with Crippen molar-refractivity contribution in [3.8, 4) is 12.3 Å². The highest BCUT2D eigenvalue weighted by Crippen LogP contribution is 1.97. The molecular weight excluding hydrogens is 142 g/mol. The maximum absolute atomic E-state index is 10.9. The van der Waals surface area contributed by atoms with Gasteiger partial charge >= 0.3 is 0 Å².